The van der Waals surface area contributed by atoms with E-state index in [0.717, 1.165) is 0 Å². The molecule has 7 heteroatoms. The van der Waals surface area contributed by atoms with Gasteiger partial charge in [0.2, 0.25) is 0 Å². The van der Waals surface area contributed by atoms with Crippen LogP contribution < -0.4 is 5.32 Å². The third-order valence-corrected chi connectivity index (χ3v) is 1.23. The molecule has 72 valence electrons. The first-order chi connectivity index (χ1) is 5.99. The van der Waals surface area contributed by atoms with Crippen LogP contribution in [0.4, 0.5) is 0 Å². The Hall–Kier alpha value is -1.50. The summed E-state index contributed by atoms with van der Waals surface area (Å²) in [6.07, 6.45) is 0. The standard InChI is InChI=1S/C6H11N5O2/c1-6(2,13)3-7-5(12)4-8-10-11-9-4/h13H,3H2,1-2H3,(H,7,12)(H,8,9,10,11). The molecule has 1 aromatic rings. The monoisotopic (exact) mass is 185 g/mol. The summed E-state index contributed by atoms with van der Waals surface area (Å²) in [6, 6.07) is 0. The van der Waals surface area contributed by atoms with Crippen molar-refractivity contribution in [3.63, 3.8) is 0 Å². The summed E-state index contributed by atoms with van der Waals surface area (Å²) in [4.78, 5) is 11.1. The van der Waals surface area contributed by atoms with Crippen molar-refractivity contribution >= 4 is 5.91 Å². The zero-order valence-electron chi connectivity index (χ0n) is 7.40. The highest BCUT2D eigenvalue weighted by Gasteiger charge is 2.16. The first-order valence-corrected chi connectivity index (χ1v) is 3.73. The van der Waals surface area contributed by atoms with Gasteiger partial charge in [-0.3, -0.25) is 4.79 Å². The minimum Gasteiger partial charge on any atom is -0.389 e. The number of hydrogen-bond acceptors (Lipinski definition) is 5. The van der Waals surface area contributed by atoms with Crippen molar-refractivity contribution in [1.29, 1.82) is 0 Å². The molecule has 1 amide bonds. The number of nitrogens with zero attached hydrogens (tertiary/aromatic N) is 3. The maximum absolute atomic E-state index is 11.1. The second-order valence-corrected chi connectivity index (χ2v) is 3.23. The van der Waals surface area contributed by atoms with E-state index in [1.165, 1.54) is 0 Å². The van der Waals surface area contributed by atoms with Crippen LogP contribution in [0.2, 0.25) is 0 Å². The first kappa shape index (κ1) is 9.59. The lowest BCUT2D eigenvalue weighted by atomic mass is 10.1. The van der Waals surface area contributed by atoms with Crippen LogP contribution in [0.25, 0.3) is 0 Å². The quantitative estimate of drug-likeness (QED) is 0.543. The molecule has 0 aliphatic rings. The molecular weight excluding hydrogens is 174 g/mol. The van der Waals surface area contributed by atoms with Crippen LogP contribution in [0.5, 0.6) is 0 Å². The van der Waals surface area contributed by atoms with Crippen LogP contribution in [-0.2, 0) is 0 Å². The predicted molar refractivity (Wildman–Crippen MR) is 42.8 cm³/mol. The van der Waals surface area contributed by atoms with Crippen molar-refractivity contribution < 1.29 is 9.90 Å². The Morgan fingerprint density at radius 1 is 1.69 bits per heavy atom. The van der Waals surface area contributed by atoms with Gasteiger partial charge in [0.25, 0.3) is 11.7 Å². The first-order valence-electron chi connectivity index (χ1n) is 3.73. The lowest BCUT2D eigenvalue weighted by Gasteiger charge is -2.16. The Balaban J connectivity index is 2.44. The van der Waals surface area contributed by atoms with E-state index in [9.17, 15) is 9.90 Å². The van der Waals surface area contributed by atoms with Gasteiger partial charge in [-0.15, -0.1) is 10.2 Å². The molecular formula is C6H11N5O2. The molecule has 0 aliphatic carbocycles. The zero-order chi connectivity index (χ0) is 9.90. The van der Waals surface area contributed by atoms with E-state index in [4.69, 9.17) is 0 Å². The normalized spacial score (nSPS) is 11.3. The van der Waals surface area contributed by atoms with Crippen LogP contribution in [0.3, 0.4) is 0 Å². The second-order valence-electron chi connectivity index (χ2n) is 3.23. The van der Waals surface area contributed by atoms with Crippen LogP contribution in [0.1, 0.15) is 24.5 Å². The number of rotatable bonds is 3. The molecule has 0 radical (unpaired) electrons. The number of nitrogens with one attached hydrogen (secondary N) is 2. The van der Waals surface area contributed by atoms with Gasteiger partial charge in [-0.2, -0.15) is 5.21 Å². The number of tetrazole rings is 1. The minimum atomic E-state index is -0.945. The molecule has 3 N–H and O–H groups in total. The Kier molecular flexibility index (Phi) is 2.57. The van der Waals surface area contributed by atoms with Gasteiger partial charge in [0, 0.05) is 6.54 Å². The van der Waals surface area contributed by atoms with Crippen molar-refractivity contribution in [2.24, 2.45) is 0 Å². The van der Waals surface area contributed by atoms with Gasteiger partial charge in [0.1, 0.15) is 0 Å². The zero-order valence-corrected chi connectivity index (χ0v) is 7.40. The molecule has 0 aliphatic heterocycles. The number of H-pyrrole nitrogens is 1. The van der Waals surface area contributed by atoms with E-state index < -0.39 is 11.5 Å². The Morgan fingerprint density at radius 2 is 2.38 bits per heavy atom. The lowest BCUT2D eigenvalue weighted by Crippen LogP contribution is -2.38. The Labute approximate surface area is 74.5 Å². The second kappa shape index (κ2) is 3.48. The summed E-state index contributed by atoms with van der Waals surface area (Å²) in [5.41, 5.74) is -0.945. The summed E-state index contributed by atoms with van der Waals surface area (Å²) in [5.74, 6) is -0.500. The molecule has 1 rings (SSSR count). The highest BCUT2D eigenvalue weighted by Crippen LogP contribution is 1.97. The fourth-order valence-electron chi connectivity index (χ4n) is 0.634. The van der Waals surface area contributed by atoms with E-state index in [2.05, 4.69) is 25.9 Å². The fraction of sp³-hybridized carbons (Fsp3) is 0.667. The number of aromatic nitrogens is 4. The number of carbonyl (C=O) groups is 1. The average molecular weight is 185 g/mol. The molecule has 0 saturated carbocycles. The van der Waals surface area contributed by atoms with Crippen molar-refractivity contribution in [3.8, 4) is 0 Å². The maximum atomic E-state index is 11.1. The van der Waals surface area contributed by atoms with E-state index in [1.807, 2.05) is 0 Å². The molecule has 13 heavy (non-hydrogen) atoms. The molecule has 0 aromatic carbocycles. The highest BCUT2D eigenvalue weighted by atomic mass is 16.3. The third-order valence-electron chi connectivity index (χ3n) is 1.23. The van der Waals surface area contributed by atoms with Crippen molar-refractivity contribution in [1.82, 2.24) is 25.9 Å². The van der Waals surface area contributed by atoms with Gasteiger partial charge in [-0.05, 0) is 19.1 Å². The Bertz CT molecular complexity index is 276. The Morgan fingerprint density at radius 3 is 2.85 bits per heavy atom. The minimum absolute atomic E-state index is 0.0377. The van der Waals surface area contributed by atoms with E-state index in [1.54, 1.807) is 13.8 Å². The summed E-state index contributed by atoms with van der Waals surface area (Å²) < 4.78 is 0. The maximum Gasteiger partial charge on any atom is 0.292 e. The van der Waals surface area contributed by atoms with Gasteiger partial charge in [-0.1, -0.05) is 0 Å². The molecule has 0 fully saturated rings. The van der Waals surface area contributed by atoms with E-state index in [-0.39, 0.29) is 12.4 Å². The lowest BCUT2D eigenvalue weighted by molar-refractivity contribution is 0.0689. The SMILES string of the molecule is CC(C)(O)CNC(=O)c1nn[nH]n1. The van der Waals surface area contributed by atoms with E-state index >= 15 is 0 Å². The highest BCUT2D eigenvalue weighted by molar-refractivity contribution is 5.90. The number of amides is 1. The van der Waals surface area contributed by atoms with Crippen LogP contribution in [0, 0.1) is 0 Å². The van der Waals surface area contributed by atoms with Gasteiger partial charge in [0.15, 0.2) is 0 Å². The fourth-order valence-corrected chi connectivity index (χ4v) is 0.634. The summed E-state index contributed by atoms with van der Waals surface area (Å²) in [7, 11) is 0. The molecule has 0 spiro atoms. The van der Waals surface area contributed by atoms with Crippen molar-refractivity contribution in [2.45, 2.75) is 19.4 Å². The topological polar surface area (TPSA) is 104 Å². The largest absolute Gasteiger partial charge is 0.389 e. The molecule has 0 unspecified atom stereocenters. The van der Waals surface area contributed by atoms with Crippen LogP contribution in [0.15, 0.2) is 0 Å². The smallest absolute Gasteiger partial charge is 0.292 e. The average Bonchev–Trinajstić information content (AvgIpc) is 2.50. The molecule has 0 saturated heterocycles. The van der Waals surface area contributed by atoms with Crippen molar-refractivity contribution in [3.05, 3.63) is 5.82 Å². The summed E-state index contributed by atoms with van der Waals surface area (Å²) >= 11 is 0. The van der Waals surface area contributed by atoms with Crippen LogP contribution in [-0.4, -0.2) is 43.8 Å². The van der Waals surface area contributed by atoms with Crippen molar-refractivity contribution in [2.75, 3.05) is 6.54 Å². The predicted octanol–water partition coefficient (Wildman–Crippen LogP) is -1.30. The number of aliphatic hydroxyl groups is 1. The van der Waals surface area contributed by atoms with Gasteiger partial charge >= 0.3 is 0 Å². The number of aromatic amines is 1. The molecule has 0 atom stereocenters. The number of carbonyl (C=O) groups excluding carboxylic acids is 1. The molecule has 1 heterocycles. The molecule has 1 aromatic heterocycles. The third kappa shape index (κ3) is 3.16. The summed E-state index contributed by atoms with van der Waals surface area (Å²) in [6.45, 7) is 3.31. The summed E-state index contributed by atoms with van der Waals surface area (Å²) in [5, 5.41) is 24.1. The molecule has 0 bridgehead atoms. The molecule has 7 nitrogen and oxygen atoms in total. The van der Waals surface area contributed by atoms with Crippen LogP contribution >= 0.6 is 0 Å². The van der Waals surface area contributed by atoms with E-state index in [0.29, 0.717) is 0 Å². The van der Waals surface area contributed by atoms with Gasteiger partial charge in [0.05, 0.1) is 5.60 Å². The van der Waals surface area contributed by atoms with Gasteiger partial charge in [-0.25, -0.2) is 0 Å². The van der Waals surface area contributed by atoms with Gasteiger partial charge < -0.3 is 10.4 Å². The number of hydrogen-bond donors (Lipinski definition) is 3.